The molecule has 0 atom stereocenters. The summed E-state index contributed by atoms with van der Waals surface area (Å²) in [5, 5.41) is 11.6. The van der Waals surface area contributed by atoms with E-state index in [4.69, 9.17) is 5.11 Å². The van der Waals surface area contributed by atoms with Crippen molar-refractivity contribution in [2.45, 2.75) is 19.8 Å². The van der Waals surface area contributed by atoms with Crippen molar-refractivity contribution in [1.82, 2.24) is 29.8 Å². The molecule has 0 saturated carbocycles. The standard InChI is InChI=1S/C21H40N6O6/c1-7-8-10-23(2)11-9-22-17(29)12-24(3)18(30)13-25(4)19(31)14-26(5)20(32)15-27(6)21(33)16-28/h28H,7-16H2,1-6H3,(H,22,29). The first-order valence-electron chi connectivity index (χ1n) is 10.9. The van der Waals surface area contributed by atoms with Gasteiger partial charge in [0.2, 0.25) is 29.5 Å². The van der Waals surface area contributed by atoms with E-state index in [0.717, 1.165) is 35.7 Å². The van der Waals surface area contributed by atoms with Crippen LogP contribution in [-0.2, 0) is 24.0 Å². The van der Waals surface area contributed by atoms with E-state index in [1.54, 1.807) is 0 Å². The number of aliphatic hydroxyl groups excluding tert-OH is 1. The summed E-state index contributed by atoms with van der Waals surface area (Å²) in [6.07, 6.45) is 2.20. The molecular formula is C21H40N6O6. The molecule has 0 rings (SSSR count). The van der Waals surface area contributed by atoms with Crippen molar-refractivity contribution in [3.05, 3.63) is 0 Å². The lowest BCUT2D eigenvalue weighted by atomic mass is 10.3. The van der Waals surface area contributed by atoms with Gasteiger partial charge in [-0.1, -0.05) is 13.3 Å². The van der Waals surface area contributed by atoms with Crippen LogP contribution < -0.4 is 5.32 Å². The van der Waals surface area contributed by atoms with Crippen molar-refractivity contribution >= 4 is 29.5 Å². The van der Waals surface area contributed by atoms with Crippen LogP contribution in [0.15, 0.2) is 0 Å². The summed E-state index contributed by atoms with van der Waals surface area (Å²) in [6, 6.07) is 0. The molecule has 0 radical (unpaired) electrons. The van der Waals surface area contributed by atoms with Gasteiger partial charge >= 0.3 is 0 Å². The Balaban J connectivity index is 4.40. The number of hydrogen-bond donors (Lipinski definition) is 2. The van der Waals surface area contributed by atoms with E-state index < -0.39 is 30.2 Å². The van der Waals surface area contributed by atoms with Gasteiger partial charge in [-0.3, -0.25) is 24.0 Å². The van der Waals surface area contributed by atoms with Crippen LogP contribution in [0.3, 0.4) is 0 Å². The monoisotopic (exact) mass is 472 g/mol. The minimum Gasteiger partial charge on any atom is -0.387 e. The maximum Gasteiger partial charge on any atom is 0.248 e. The van der Waals surface area contributed by atoms with E-state index in [-0.39, 0.29) is 32.1 Å². The third kappa shape index (κ3) is 12.8. The molecular weight excluding hydrogens is 432 g/mol. The molecule has 2 N–H and O–H groups in total. The summed E-state index contributed by atoms with van der Waals surface area (Å²) < 4.78 is 0. The molecule has 0 aromatic heterocycles. The van der Waals surface area contributed by atoms with E-state index in [2.05, 4.69) is 17.1 Å². The van der Waals surface area contributed by atoms with Gasteiger partial charge in [0.05, 0.1) is 26.2 Å². The molecule has 0 aromatic carbocycles. The molecule has 33 heavy (non-hydrogen) atoms. The van der Waals surface area contributed by atoms with Gasteiger partial charge in [0, 0.05) is 41.3 Å². The lowest BCUT2D eigenvalue weighted by Crippen LogP contribution is -2.47. The van der Waals surface area contributed by atoms with Gasteiger partial charge in [-0.25, -0.2) is 0 Å². The molecule has 0 bridgehead atoms. The third-order valence-corrected chi connectivity index (χ3v) is 5.05. The molecule has 0 fully saturated rings. The number of amides is 5. The van der Waals surface area contributed by atoms with Gasteiger partial charge in [0.25, 0.3) is 0 Å². The Labute approximate surface area is 196 Å². The molecule has 0 aliphatic carbocycles. The van der Waals surface area contributed by atoms with E-state index in [1.807, 2.05) is 7.05 Å². The van der Waals surface area contributed by atoms with Crippen LogP contribution in [0.1, 0.15) is 19.8 Å². The highest BCUT2D eigenvalue weighted by atomic mass is 16.3. The van der Waals surface area contributed by atoms with Crippen molar-refractivity contribution in [1.29, 1.82) is 0 Å². The van der Waals surface area contributed by atoms with E-state index >= 15 is 0 Å². The highest BCUT2D eigenvalue weighted by Gasteiger charge is 2.21. The molecule has 0 unspecified atom stereocenters. The fraction of sp³-hybridized carbons (Fsp3) is 0.762. The van der Waals surface area contributed by atoms with Crippen LogP contribution in [0.4, 0.5) is 0 Å². The summed E-state index contributed by atoms with van der Waals surface area (Å²) in [5.74, 6) is -2.26. The second-order valence-corrected chi connectivity index (χ2v) is 8.16. The highest BCUT2D eigenvalue weighted by Crippen LogP contribution is 1.96. The largest absolute Gasteiger partial charge is 0.387 e. The fourth-order valence-electron chi connectivity index (χ4n) is 2.64. The maximum atomic E-state index is 12.4. The minimum absolute atomic E-state index is 0.122. The molecule has 0 saturated heterocycles. The van der Waals surface area contributed by atoms with Gasteiger partial charge < -0.3 is 34.9 Å². The van der Waals surface area contributed by atoms with Crippen LogP contribution in [0, 0.1) is 0 Å². The lowest BCUT2D eigenvalue weighted by molar-refractivity contribution is -0.144. The van der Waals surface area contributed by atoms with Crippen molar-refractivity contribution in [3.8, 4) is 0 Å². The Morgan fingerprint density at radius 1 is 0.667 bits per heavy atom. The average molecular weight is 473 g/mol. The Morgan fingerprint density at radius 2 is 1.09 bits per heavy atom. The zero-order chi connectivity index (χ0) is 25.6. The summed E-state index contributed by atoms with van der Waals surface area (Å²) in [5.41, 5.74) is 0. The second-order valence-electron chi connectivity index (χ2n) is 8.16. The van der Waals surface area contributed by atoms with Crippen molar-refractivity contribution < 1.29 is 29.1 Å². The summed E-state index contributed by atoms with van der Waals surface area (Å²) in [4.78, 5) is 67.0. The van der Waals surface area contributed by atoms with Crippen molar-refractivity contribution in [3.63, 3.8) is 0 Å². The molecule has 0 aromatic rings. The van der Waals surface area contributed by atoms with Gasteiger partial charge in [-0.05, 0) is 20.0 Å². The predicted molar refractivity (Wildman–Crippen MR) is 123 cm³/mol. The number of likely N-dealkylation sites (N-methyl/N-ethyl adjacent to an activating group) is 5. The second kappa shape index (κ2) is 16.0. The predicted octanol–water partition coefficient (Wildman–Crippen LogP) is -2.34. The molecule has 190 valence electrons. The molecule has 0 heterocycles. The number of unbranched alkanes of at least 4 members (excludes halogenated alkanes) is 1. The van der Waals surface area contributed by atoms with Crippen LogP contribution >= 0.6 is 0 Å². The van der Waals surface area contributed by atoms with Crippen molar-refractivity contribution in [2.75, 3.05) is 87.7 Å². The number of hydrogen-bond acceptors (Lipinski definition) is 7. The molecule has 0 aliphatic rings. The Bertz CT molecular complexity index is 674. The smallest absolute Gasteiger partial charge is 0.248 e. The van der Waals surface area contributed by atoms with Crippen LogP contribution in [0.25, 0.3) is 0 Å². The zero-order valence-electron chi connectivity index (χ0n) is 20.8. The minimum atomic E-state index is -0.710. The van der Waals surface area contributed by atoms with Crippen molar-refractivity contribution in [2.24, 2.45) is 0 Å². The third-order valence-electron chi connectivity index (χ3n) is 5.05. The summed E-state index contributed by atoms with van der Waals surface area (Å²) >= 11 is 0. The average Bonchev–Trinajstić information content (AvgIpc) is 2.76. The lowest BCUT2D eigenvalue weighted by Gasteiger charge is -2.25. The Hall–Kier alpha value is -2.73. The molecule has 12 heteroatoms. The number of rotatable bonds is 15. The number of nitrogens with one attached hydrogen (secondary N) is 1. The Morgan fingerprint density at radius 3 is 1.52 bits per heavy atom. The number of carbonyl (C=O) groups is 5. The van der Waals surface area contributed by atoms with Gasteiger partial charge in [-0.2, -0.15) is 0 Å². The van der Waals surface area contributed by atoms with Crippen LogP contribution in [0.2, 0.25) is 0 Å². The fourth-order valence-corrected chi connectivity index (χ4v) is 2.64. The molecule has 5 amide bonds. The highest BCUT2D eigenvalue weighted by molar-refractivity contribution is 5.91. The summed E-state index contributed by atoms with van der Waals surface area (Å²) in [7, 11) is 7.68. The first-order valence-corrected chi connectivity index (χ1v) is 10.9. The first-order chi connectivity index (χ1) is 15.4. The quantitative estimate of drug-likeness (QED) is 0.273. The van der Waals surface area contributed by atoms with Crippen LogP contribution in [-0.4, -0.2) is 147 Å². The Kier molecular flexibility index (Phi) is 14.7. The molecule has 0 spiro atoms. The van der Waals surface area contributed by atoms with Crippen LogP contribution in [0.5, 0.6) is 0 Å². The van der Waals surface area contributed by atoms with Gasteiger partial charge in [0.1, 0.15) is 6.61 Å². The van der Waals surface area contributed by atoms with E-state index in [1.165, 1.54) is 38.0 Å². The number of nitrogens with zero attached hydrogens (tertiary/aromatic N) is 5. The number of carbonyl (C=O) groups excluding carboxylic acids is 5. The summed E-state index contributed by atoms with van der Waals surface area (Å²) in [6.45, 7) is 2.65. The van der Waals surface area contributed by atoms with E-state index in [0.29, 0.717) is 6.54 Å². The molecule has 12 nitrogen and oxygen atoms in total. The zero-order valence-corrected chi connectivity index (χ0v) is 20.8. The first kappa shape index (κ1) is 30.3. The SMILES string of the molecule is CCCCN(C)CCNC(=O)CN(C)C(=O)CN(C)C(=O)CN(C)C(=O)CN(C)C(=O)CO. The topological polar surface area (TPSA) is 134 Å². The van der Waals surface area contributed by atoms with Gasteiger partial charge in [0.15, 0.2) is 0 Å². The normalized spacial score (nSPS) is 10.5. The maximum absolute atomic E-state index is 12.4. The van der Waals surface area contributed by atoms with Gasteiger partial charge in [-0.15, -0.1) is 0 Å². The van der Waals surface area contributed by atoms with E-state index in [9.17, 15) is 24.0 Å². The number of aliphatic hydroxyl groups is 1. The molecule has 0 aliphatic heterocycles.